The molecule has 18 heavy (non-hydrogen) atoms. The number of halogens is 1. The lowest BCUT2D eigenvalue weighted by Crippen LogP contribution is -2.10. The Bertz CT molecular complexity index is 695. The zero-order valence-corrected chi connectivity index (χ0v) is 11.8. The van der Waals surface area contributed by atoms with Gasteiger partial charge >= 0.3 is 0 Å². The number of carbonyl (C=O) groups is 1. The van der Waals surface area contributed by atoms with E-state index in [1.54, 1.807) is 4.57 Å². The Morgan fingerprint density at radius 2 is 1.89 bits per heavy atom. The molecule has 1 aliphatic heterocycles. The van der Waals surface area contributed by atoms with Gasteiger partial charge in [-0.2, -0.15) is 0 Å². The van der Waals surface area contributed by atoms with E-state index in [2.05, 4.69) is 15.9 Å². The summed E-state index contributed by atoms with van der Waals surface area (Å²) in [5.41, 5.74) is 4.84. The van der Waals surface area contributed by atoms with Crippen LogP contribution in [0.3, 0.4) is 0 Å². The van der Waals surface area contributed by atoms with E-state index in [0.717, 1.165) is 32.6 Å². The van der Waals surface area contributed by atoms with Gasteiger partial charge in [-0.05, 0) is 37.6 Å². The van der Waals surface area contributed by atoms with Gasteiger partial charge in [0.15, 0.2) is 0 Å². The van der Waals surface area contributed by atoms with E-state index in [1.165, 1.54) is 0 Å². The van der Waals surface area contributed by atoms with Crippen LogP contribution in [0.1, 0.15) is 27.3 Å². The van der Waals surface area contributed by atoms with Crippen molar-refractivity contribution >= 4 is 33.5 Å². The first-order valence-electron chi connectivity index (χ1n) is 5.80. The van der Waals surface area contributed by atoms with Gasteiger partial charge in [-0.15, -0.1) is 0 Å². The third-order valence-electron chi connectivity index (χ3n) is 3.30. The van der Waals surface area contributed by atoms with Gasteiger partial charge in [0, 0.05) is 15.7 Å². The first-order chi connectivity index (χ1) is 8.59. The Labute approximate surface area is 114 Å². The second-order valence-corrected chi connectivity index (χ2v) is 5.39. The number of hydrogen-bond acceptors (Lipinski definition) is 1. The van der Waals surface area contributed by atoms with E-state index in [0.29, 0.717) is 0 Å². The molecule has 0 N–H and O–H groups in total. The van der Waals surface area contributed by atoms with Crippen molar-refractivity contribution in [3.8, 4) is 0 Å². The van der Waals surface area contributed by atoms with Crippen molar-refractivity contribution in [1.29, 1.82) is 0 Å². The maximum absolute atomic E-state index is 12.5. The van der Waals surface area contributed by atoms with E-state index in [1.807, 2.05) is 50.3 Å². The molecule has 2 aromatic rings. The Morgan fingerprint density at radius 1 is 1.17 bits per heavy atom. The zero-order chi connectivity index (χ0) is 12.9. The number of nitrogens with zero attached hydrogens (tertiary/aromatic N) is 1. The molecule has 0 spiro atoms. The number of allylic oxidation sites excluding steroid dienone is 1. The predicted octanol–water partition coefficient (Wildman–Crippen LogP) is 4.06. The van der Waals surface area contributed by atoms with Crippen LogP contribution in [0, 0.1) is 13.8 Å². The number of hydrogen-bond donors (Lipinski definition) is 0. The van der Waals surface area contributed by atoms with Crippen LogP contribution >= 0.6 is 15.9 Å². The zero-order valence-electron chi connectivity index (χ0n) is 10.2. The molecule has 90 valence electrons. The molecule has 1 aromatic carbocycles. The monoisotopic (exact) mass is 301 g/mol. The maximum atomic E-state index is 12.5. The molecule has 0 saturated heterocycles. The summed E-state index contributed by atoms with van der Waals surface area (Å²) in [5.74, 6) is 0.0579. The molecule has 3 heteroatoms. The van der Waals surface area contributed by atoms with Crippen molar-refractivity contribution in [3.63, 3.8) is 0 Å². The molecule has 0 aliphatic carbocycles. The highest BCUT2D eigenvalue weighted by molar-refractivity contribution is 9.10. The van der Waals surface area contributed by atoms with Crippen LogP contribution in [0.5, 0.6) is 0 Å². The minimum Gasteiger partial charge on any atom is -0.281 e. The molecule has 2 nitrogen and oxygen atoms in total. The van der Waals surface area contributed by atoms with Crippen molar-refractivity contribution < 1.29 is 4.79 Å². The second-order valence-electron chi connectivity index (χ2n) is 4.53. The fourth-order valence-corrected chi connectivity index (χ4v) is 2.96. The lowest BCUT2D eigenvalue weighted by molar-refractivity contribution is 0.0982. The lowest BCUT2D eigenvalue weighted by atomic mass is 10.1. The van der Waals surface area contributed by atoms with Gasteiger partial charge in [-0.3, -0.25) is 9.36 Å². The smallest absolute Gasteiger partial charge is 0.263 e. The van der Waals surface area contributed by atoms with Gasteiger partial charge in [0.25, 0.3) is 5.91 Å². The molecule has 0 unspecified atom stereocenters. The molecule has 0 bridgehead atoms. The van der Waals surface area contributed by atoms with E-state index in [4.69, 9.17) is 0 Å². The van der Waals surface area contributed by atoms with E-state index < -0.39 is 0 Å². The Morgan fingerprint density at radius 3 is 2.56 bits per heavy atom. The van der Waals surface area contributed by atoms with E-state index >= 15 is 0 Å². The molecule has 0 atom stereocenters. The fourth-order valence-electron chi connectivity index (χ4n) is 2.46. The van der Waals surface area contributed by atoms with Gasteiger partial charge in [-0.1, -0.05) is 34.1 Å². The van der Waals surface area contributed by atoms with Crippen LogP contribution in [0.2, 0.25) is 0 Å². The van der Waals surface area contributed by atoms with Crippen LogP contribution in [0.25, 0.3) is 11.6 Å². The Kier molecular flexibility index (Phi) is 2.52. The van der Waals surface area contributed by atoms with Gasteiger partial charge in [0.05, 0.1) is 11.3 Å². The Balaban J connectivity index is 2.19. The van der Waals surface area contributed by atoms with Crippen molar-refractivity contribution in [1.82, 2.24) is 4.57 Å². The van der Waals surface area contributed by atoms with Crippen LogP contribution in [0.4, 0.5) is 0 Å². The highest BCUT2D eigenvalue weighted by Gasteiger charge is 2.26. The topological polar surface area (TPSA) is 22.0 Å². The summed E-state index contributed by atoms with van der Waals surface area (Å²) in [5, 5.41) is 0. The summed E-state index contributed by atoms with van der Waals surface area (Å²) in [6.45, 7) is 4.00. The maximum Gasteiger partial charge on any atom is 0.263 e. The molecular formula is C15H12BrNO. The summed E-state index contributed by atoms with van der Waals surface area (Å²) in [6.07, 6.45) is 1.98. The number of rotatable bonds is 1. The Hall–Kier alpha value is -1.61. The van der Waals surface area contributed by atoms with E-state index in [-0.39, 0.29) is 5.91 Å². The second kappa shape index (κ2) is 3.95. The minimum atomic E-state index is 0.0579. The van der Waals surface area contributed by atoms with Gasteiger partial charge in [0.1, 0.15) is 0 Å². The van der Waals surface area contributed by atoms with Gasteiger partial charge < -0.3 is 0 Å². The molecule has 0 amide bonds. The average Bonchev–Trinajstić information content (AvgIpc) is 2.80. The van der Waals surface area contributed by atoms with Crippen molar-refractivity contribution in [2.45, 2.75) is 13.8 Å². The molecule has 0 radical (unpaired) electrons. The summed E-state index contributed by atoms with van der Waals surface area (Å²) >= 11 is 3.50. The number of benzene rings is 1. The third kappa shape index (κ3) is 1.51. The molecule has 0 saturated carbocycles. The van der Waals surface area contributed by atoms with Crippen molar-refractivity contribution in [2.75, 3.05) is 0 Å². The fraction of sp³-hybridized carbons (Fsp3) is 0.133. The molecule has 0 fully saturated rings. The summed E-state index contributed by atoms with van der Waals surface area (Å²) in [6, 6.07) is 9.86. The molecule has 1 aromatic heterocycles. The number of aryl methyl sites for hydroxylation is 2. The number of aromatic nitrogens is 1. The standard InChI is InChI=1S/C15H12BrNO/c1-9-7-10(2)17-14(9)8-12(15(17)18)11-5-3-4-6-13(11)16/h3-8H,1-2H3. The largest absolute Gasteiger partial charge is 0.281 e. The first kappa shape index (κ1) is 11.5. The van der Waals surface area contributed by atoms with Crippen molar-refractivity contribution in [3.05, 3.63) is 57.3 Å². The van der Waals surface area contributed by atoms with Crippen LogP contribution in [0.15, 0.2) is 34.8 Å². The third-order valence-corrected chi connectivity index (χ3v) is 3.99. The highest BCUT2D eigenvalue weighted by atomic mass is 79.9. The predicted molar refractivity (Wildman–Crippen MR) is 76.5 cm³/mol. The van der Waals surface area contributed by atoms with Gasteiger partial charge in [0.2, 0.25) is 0 Å². The summed E-state index contributed by atoms with van der Waals surface area (Å²) in [7, 11) is 0. The summed E-state index contributed by atoms with van der Waals surface area (Å²) < 4.78 is 2.73. The SMILES string of the molecule is Cc1cc(C)n2c1C=C(c1ccccc1Br)C2=O. The van der Waals surface area contributed by atoms with Crippen molar-refractivity contribution in [2.24, 2.45) is 0 Å². The molecule has 2 heterocycles. The van der Waals surface area contributed by atoms with Gasteiger partial charge in [-0.25, -0.2) is 0 Å². The molecule has 3 rings (SSSR count). The molecule has 1 aliphatic rings. The highest BCUT2D eigenvalue weighted by Crippen LogP contribution is 2.34. The first-order valence-corrected chi connectivity index (χ1v) is 6.59. The summed E-state index contributed by atoms with van der Waals surface area (Å²) in [4.78, 5) is 12.5. The molecular weight excluding hydrogens is 290 g/mol. The van der Waals surface area contributed by atoms with Crippen LogP contribution in [-0.2, 0) is 0 Å². The lowest BCUT2D eigenvalue weighted by Gasteiger charge is -2.05. The van der Waals surface area contributed by atoms with Crippen LogP contribution < -0.4 is 0 Å². The normalized spacial score (nSPS) is 13.7. The minimum absolute atomic E-state index is 0.0579. The average molecular weight is 302 g/mol. The van der Waals surface area contributed by atoms with E-state index in [9.17, 15) is 4.79 Å². The number of carbonyl (C=O) groups excluding carboxylic acids is 1. The number of fused-ring (bicyclic) bond motifs is 1. The quantitative estimate of drug-likeness (QED) is 0.778. The van der Waals surface area contributed by atoms with Crippen LogP contribution in [-0.4, -0.2) is 10.5 Å².